The lowest BCUT2D eigenvalue weighted by molar-refractivity contribution is 0.824. The monoisotopic (exact) mass is 197 g/mol. The summed E-state index contributed by atoms with van der Waals surface area (Å²) in [5.41, 5.74) is 4.62. The van der Waals surface area contributed by atoms with E-state index in [4.69, 9.17) is 0 Å². The maximum atomic E-state index is 2.25. The predicted octanol–water partition coefficient (Wildman–Crippen LogP) is 2.71. The zero-order valence-electron chi connectivity index (χ0n) is 9.56. The molecule has 2 heteroatoms. The van der Waals surface area contributed by atoms with Crippen LogP contribution in [0.2, 0.25) is 0 Å². The first-order chi connectivity index (χ1) is 5.83. The first-order valence-corrected chi connectivity index (χ1v) is 4.93. The van der Waals surface area contributed by atoms with Gasteiger partial charge in [-0.2, -0.15) is 0 Å². The molecule has 0 aliphatic carbocycles. The first-order valence-electron chi connectivity index (χ1n) is 4.93. The van der Waals surface area contributed by atoms with Crippen LogP contribution in [-0.2, 0) is 19.3 Å². The van der Waals surface area contributed by atoms with Gasteiger partial charge in [-0.05, 0) is 36.0 Å². The summed E-state index contributed by atoms with van der Waals surface area (Å²) >= 11 is 0. The van der Waals surface area contributed by atoms with E-state index in [-0.39, 0.29) is 11.6 Å². The van der Waals surface area contributed by atoms with Crippen LogP contribution in [0.3, 0.4) is 0 Å². The molecule has 0 unspecified atom stereocenters. The molecular weight excluding hydrogens is 174 g/mol. The Morgan fingerprint density at radius 3 is 1.57 bits per heavy atom. The minimum Gasteiger partial charge on any atom is -0.412 e. The average molecular weight is 197 g/mol. The van der Waals surface area contributed by atoms with Crippen molar-refractivity contribution in [1.29, 1.82) is 0 Å². The quantitative estimate of drug-likeness (QED) is 0.795. The first kappa shape index (κ1) is 15.6. The fourth-order valence-electron chi connectivity index (χ4n) is 1.80. The van der Waals surface area contributed by atoms with Crippen LogP contribution in [0.4, 0.5) is 0 Å². The Balaban J connectivity index is 0. The molecule has 0 atom stereocenters. The Morgan fingerprint density at radius 1 is 0.857 bits per heavy atom. The predicted molar refractivity (Wildman–Crippen MR) is 63.2 cm³/mol. The molecular formula is C12H23NO. The van der Waals surface area contributed by atoms with E-state index in [1.807, 2.05) is 0 Å². The fraction of sp³-hybridized carbons (Fsp3) is 0.500. The molecule has 1 aromatic carbocycles. The molecule has 0 heterocycles. The van der Waals surface area contributed by atoms with Crippen LogP contribution in [0.25, 0.3) is 0 Å². The van der Waals surface area contributed by atoms with Crippen molar-refractivity contribution in [3.63, 3.8) is 0 Å². The highest BCUT2D eigenvalue weighted by atomic mass is 16.0. The van der Waals surface area contributed by atoms with Gasteiger partial charge in [-0.1, -0.05) is 39.0 Å². The Kier molecular flexibility index (Phi) is 8.40. The van der Waals surface area contributed by atoms with Gasteiger partial charge >= 0.3 is 0 Å². The van der Waals surface area contributed by atoms with E-state index in [0.29, 0.717) is 0 Å². The topological polar surface area (TPSA) is 66.5 Å². The van der Waals surface area contributed by atoms with Crippen molar-refractivity contribution >= 4 is 0 Å². The molecule has 0 saturated heterocycles. The van der Waals surface area contributed by atoms with Gasteiger partial charge in [-0.3, -0.25) is 0 Å². The van der Waals surface area contributed by atoms with E-state index in [9.17, 15) is 0 Å². The van der Waals surface area contributed by atoms with Gasteiger partial charge in [0.15, 0.2) is 0 Å². The zero-order valence-corrected chi connectivity index (χ0v) is 9.56. The minimum absolute atomic E-state index is 0. The molecule has 0 bridgehead atoms. The maximum Gasteiger partial charge on any atom is -0.0302 e. The summed E-state index contributed by atoms with van der Waals surface area (Å²) in [7, 11) is 0. The highest BCUT2D eigenvalue weighted by Gasteiger charge is 2.02. The molecule has 0 amide bonds. The van der Waals surface area contributed by atoms with Gasteiger partial charge in [0, 0.05) is 0 Å². The molecule has 2 nitrogen and oxygen atoms in total. The molecule has 5 N–H and O–H groups in total. The van der Waals surface area contributed by atoms with Gasteiger partial charge in [0.1, 0.15) is 0 Å². The zero-order chi connectivity index (χ0) is 8.97. The van der Waals surface area contributed by atoms with Crippen molar-refractivity contribution in [2.45, 2.75) is 40.0 Å². The third-order valence-electron chi connectivity index (χ3n) is 2.49. The lowest BCUT2D eigenvalue weighted by Gasteiger charge is -2.10. The molecule has 0 aromatic heterocycles. The summed E-state index contributed by atoms with van der Waals surface area (Å²) in [6.45, 7) is 6.70. The number of rotatable bonds is 3. The Labute approximate surface area is 87.2 Å². The van der Waals surface area contributed by atoms with Gasteiger partial charge in [0.25, 0.3) is 0 Å². The van der Waals surface area contributed by atoms with Gasteiger partial charge < -0.3 is 11.6 Å². The fourth-order valence-corrected chi connectivity index (χ4v) is 1.80. The van der Waals surface area contributed by atoms with Crippen molar-refractivity contribution in [1.82, 2.24) is 6.15 Å². The van der Waals surface area contributed by atoms with E-state index in [1.54, 1.807) is 5.56 Å². The minimum atomic E-state index is 0. The molecule has 82 valence electrons. The van der Waals surface area contributed by atoms with Crippen molar-refractivity contribution < 1.29 is 5.48 Å². The van der Waals surface area contributed by atoms with E-state index < -0.39 is 0 Å². The van der Waals surface area contributed by atoms with Crippen molar-refractivity contribution in [2.75, 3.05) is 0 Å². The van der Waals surface area contributed by atoms with E-state index in [2.05, 4.69) is 39.0 Å². The average Bonchev–Trinajstić information content (AvgIpc) is 2.16. The van der Waals surface area contributed by atoms with E-state index in [0.717, 1.165) is 12.8 Å². The summed E-state index contributed by atoms with van der Waals surface area (Å²) in [5.74, 6) is 0. The van der Waals surface area contributed by atoms with Gasteiger partial charge in [-0.25, -0.2) is 0 Å². The standard InChI is InChI=1S/C12H18.H3N.H2O/c1-4-10-8-7-9-11(5-2)12(10)6-3;;/h7-9H,4-6H2,1-3H3;1H3;1H2. The van der Waals surface area contributed by atoms with Gasteiger partial charge in [0.2, 0.25) is 0 Å². The maximum absolute atomic E-state index is 2.25. The molecule has 0 aliphatic rings. The second kappa shape index (κ2) is 7.54. The van der Waals surface area contributed by atoms with Crippen LogP contribution in [0.15, 0.2) is 18.2 Å². The summed E-state index contributed by atoms with van der Waals surface area (Å²) < 4.78 is 0. The lowest BCUT2D eigenvalue weighted by Crippen LogP contribution is -1.96. The summed E-state index contributed by atoms with van der Waals surface area (Å²) in [5, 5.41) is 0. The summed E-state index contributed by atoms with van der Waals surface area (Å²) in [4.78, 5) is 0. The number of aryl methyl sites for hydroxylation is 2. The molecule has 0 fully saturated rings. The van der Waals surface area contributed by atoms with Crippen LogP contribution in [0.1, 0.15) is 37.5 Å². The second-order valence-electron chi connectivity index (χ2n) is 3.12. The largest absolute Gasteiger partial charge is 0.412 e. The molecule has 1 aromatic rings. The SMILES string of the molecule is CCc1cccc(CC)c1CC.N.O. The van der Waals surface area contributed by atoms with Crippen LogP contribution in [-0.4, -0.2) is 5.48 Å². The van der Waals surface area contributed by atoms with Crippen molar-refractivity contribution in [3.8, 4) is 0 Å². The Hall–Kier alpha value is -0.860. The summed E-state index contributed by atoms with van der Waals surface area (Å²) in [6, 6.07) is 6.67. The highest BCUT2D eigenvalue weighted by Crippen LogP contribution is 2.16. The van der Waals surface area contributed by atoms with Gasteiger partial charge in [0.05, 0.1) is 0 Å². The second-order valence-corrected chi connectivity index (χ2v) is 3.12. The number of benzene rings is 1. The van der Waals surface area contributed by atoms with Crippen molar-refractivity contribution in [3.05, 3.63) is 34.9 Å². The highest BCUT2D eigenvalue weighted by molar-refractivity contribution is 5.35. The lowest BCUT2D eigenvalue weighted by atomic mass is 9.96. The normalized spacial score (nSPS) is 8.79. The number of hydrogen-bond acceptors (Lipinski definition) is 1. The van der Waals surface area contributed by atoms with Crippen LogP contribution in [0, 0.1) is 0 Å². The van der Waals surface area contributed by atoms with Crippen molar-refractivity contribution in [2.24, 2.45) is 0 Å². The molecule has 0 saturated carbocycles. The Morgan fingerprint density at radius 2 is 1.29 bits per heavy atom. The van der Waals surface area contributed by atoms with E-state index >= 15 is 0 Å². The third kappa shape index (κ3) is 3.13. The van der Waals surface area contributed by atoms with Crippen LogP contribution < -0.4 is 6.15 Å². The van der Waals surface area contributed by atoms with Crippen LogP contribution in [0.5, 0.6) is 0 Å². The molecule has 14 heavy (non-hydrogen) atoms. The number of hydrogen-bond donors (Lipinski definition) is 1. The molecule has 0 spiro atoms. The van der Waals surface area contributed by atoms with Crippen LogP contribution >= 0.6 is 0 Å². The molecule has 0 aliphatic heterocycles. The smallest absolute Gasteiger partial charge is 0.0302 e. The third-order valence-corrected chi connectivity index (χ3v) is 2.49. The summed E-state index contributed by atoms with van der Waals surface area (Å²) in [6.07, 6.45) is 3.50. The van der Waals surface area contributed by atoms with E-state index in [1.165, 1.54) is 17.5 Å². The van der Waals surface area contributed by atoms with Gasteiger partial charge in [-0.15, -0.1) is 0 Å². The molecule has 1 rings (SSSR count). The molecule has 0 radical (unpaired) electrons. The Bertz CT molecular complexity index is 236.